The van der Waals surface area contributed by atoms with Gasteiger partial charge in [-0.3, -0.25) is 0 Å². The van der Waals surface area contributed by atoms with E-state index in [1.54, 1.807) is 22.8 Å². The lowest BCUT2D eigenvalue weighted by Crippen LogP contribution is -2.46. The summed E-state index contributed by atoms with van der Waals surface area (Å²) in [5.41, 5.74) is 3.30. The highest BCUT2D eigenvalue weighted by molar-refractivity contribution is 5.63. The third-order valence-electron chi connectivity index (χ3n) is 5.48. The Hall–Kier alpha value is -3.45. The third-order valence-corrected chi connectivity index (χ3v) is 5.48. The molecule has 0 amide bonds. The number of fused-ring (bicyclic) bond motifs is 1. The highest BCUT2D eigenvalue weighted by Gasteiger charge is 2.17. The maximum atomic E-state index is 13.5. The van der Waals surface area contributed by atoms with Crippen molar-refractivity contribution in [2.75, 3.05) is 13.2 Å². The average Bonchev–Trinajstić information content (AvgIpc) is 3.16. The Kier molecular flexibility index (Phi) is 5.26. The van der Waals surface area contributed by atoms with Gasteiger partial charge in [0.15, 0.2) is 5.65 Å². The van der Waals surface area contributed by atoms with Crippen LogP contribution in [-0.4, -0.2) is 33.8 Å². The summed E-state index contributed by atoms with van der Waals surface area (Å²) in [6.45, 7) is 3.62. The number of nitrogens with one attached hydrogen (secondary N) is 1. The molecule has 2 aromatic heterocycles. The van der Waals surface area contributed by atoms with E-state index < -0.39 is 0 Å². The summed E-state index contributed by atoms with van der Waals surface area (Å²) in [6, 6.07) is 18.4. The van der Waals surface area contributed by atoms with Crippen LogP contribution in [0.4, 0.5) is 4.39 Å². The lowest BCUT2D eigenvalue weighted by atomic mass is 10.1. The molecule has 0 bridgehead atoms. The van der Waals surface area contributed by atoms with E-state index in [0.29, 0.717) is 18.5 Å². The molecule has 5 rings (SSSR count). The normalized spacial score (nSPS) is 16.6. The molecule has 2 atom stereocenters. The van der Waals surface area contributed by atoms with Gasteiger partial charge in [-0.05, 0) is 67.9 Å². The van der Waals surface area contributed by atoms with Crippen LogP contribution in [0.1, 0.15) is 25.0 Å². The molecule has 6 nitrogen and oxygen atoms in total. The Labute approximate surface area is 179 Å². The predicted octanol–water partition coefficient (Wildman–Crippen LogP) is 4.42. The van der Waals surface area contributed by atoms with E-state index in [0.717, 1.165) is 41.2 Å². The lowest BCUT2D eigenvalue weighted by molar-refractivity contribution is 0.214. The topological polar surface area (TPSA) is 60.7 Å². The fraction of sp³-hybridized carbons (Fsp3) is 0.250. The molecule has 0 spiro atoms. The zero-order valence-electron chi connectivity index (χ0n) is 17.2. The number of imidazole rings is 1. The van der Waals surface area contributed by atoms with Gasteiger partial charge in [0.25, 0.3) is 0 Å². The molecule has 1 fully saturated rings. The molecule has 158 valence electrons. The Morgan fingerprint density at radius 1 is 1.16 bits per heavy atom. The second kappa shape index (κ2) is 8.35. The second-order valence-electron chi connectivity index (χ2n) is 7.68. The minimum absolute atomic E-state index is 0.287. The van der Waals surface area contributed by atoms with Crippen LogP contribution in [-0.2, 0) is 0 Å². The summed E-state index contributed by atoms with van der Waals surface area (Å²) in [5, 5.41) is 7.92. The van der Waals surface area contributed by atoms with E-state index in [1.807, 2.05) is 43.3 Å². The maximum Gasteiger partial charge on any atom is 0.232 e. The standard InChI is InChI=1S/C24H23FN4O2/c1-16(18-3-2-4-19(25)13-18)31-24-10-9-23-27-14-22(29(23)28-24)17-5-7-21(8-6-17)30-15-20-11-12-26-20/h2-10,13-14,16,20,26H,11-12,15H2,1H3/t16-,20+/m1/s1. The van der Waals surface area contributed by atoms with Crippen molar-refractivity contribution in [2.45, 2.75) is 25.5 Å². The lowest BCUT2D eigenvalue weighted by Gasteiger charge is -2.27. The predicted molar refractivity (Wildman–Crippen MR) is 116 cm³/mol. The van der Waals surface area contributed by atoms with Gasteiger partial charge in [-0.15, -0.1) is 5.10 Å². The van der Waals surface area contributed by atoms with Gasteiger partial charge >= 0.3 is 0 Å². The van der Waals surface area contributed by atoms with Gasteiger partial charge in [0.1, 0.15) is 24.3 Å². The van der Waals surface area contributed by atoms with E-state index in [2.05, 4.69) is 15.4 Å². The van der Waals surface area contributed by atoms with Crippen LogP contribution in [0.2, 0.25) is 0 Å². The molecule has 0 saturated carbocycles. The zero-order valence-corrected chi connectivity index (χ0v) is 17.2. The molecule has 1 N–H and O–H groups in total. The first-order chi connectivity index (χ1) is 15.2. The number of rotatable bonds is 7. The van der Waals surface area contributed by atoms with E-state index in [1.165, 1.54) is 12.1 Å². The molecule has 0 unspecified atom stereocenters. The minimum atomic E-state index is -0.339. The number of hydrogen-bond donors (Lipinski definition) is 1. The van der Waals surface area contributed by atoms with Crippen molar-refractivity contribution < 1.29 is 13.9 Å². The number of halogens is 1. The highest BCUT2D eigenvalue weighted by Crippen LogP contribution is 2.26. The van der Waals surface area contributed by atoms with Crippen LogP contribution in [0.15, 0.2) is 66.9 Å². The van der Waals surface area contributed by atoms with Crippen LogP contribution in [0.25, 0.3) is 16.9 Å². The largest absolute Gasteiger partial charge is 0.492 e. The molecule has 1 aliphatic rings. The van der Waals surface area contributed by atoms with Crippen molar-refractivity contribution in [3.05, 3.63) is 78.2 Å². The number of ether oxygens (including phenoxy) is 2. The van der Waals surface area contributed by atoms with Crippen molar-refractivity contribution in [3.63, 3.8) is 0 Å². The Morgan fingerprint density at radius 3 is 2.74 bits per heavy atom. The fourth-order valence-corrected chi connectivity index (χ4v) is 3.53. The summed E-state index contributed by atoms with van der Waals surface area (Å²) < 4.78 is 27.1. The second-order valence-corrected chi connectivity index (χ2v) is 7.68. The van der Waals surface area contributed by atoms with Gasteiger partial charge in [-0.1, -0.05) is 12.1 Å². The zero-order chi connectivity index (χ0) is 21.2. The first kappa shape index (κ1) is 19.5. The molecule has 2 aromatic carbocycles. The highest BCUT2D eigenvalue weighted by atomic mass is 19.1. The molecule has 1 aliphatic heterocycles. The van der Waals surface area contributed by atoms with Gasteiger partial charge in [-0.25, -0.2) is 13.9 Å². The van der Waals surface area contributed by atoms with E-state index in [-0.39, 0.29) is 11.9 Å². The Balaban J connectivity index is 1.35. The van der Waals surface area contributed by atoms with Crippen molar-refractivity contribution in [2.24, 2.45) is 0 Å². The molecule has 0 aliphatic carbocycles. The van der Waals surface area contributed by atoms with Crippen LogP contribution < -0.4 is 14.8 Å². The van der Waals surface area contributed by atoms with Crippen LogP contribution in [0.5, 0.6) is 11.6 Å². The summed E-state index contributed by atoms with van der Waals surface area (Å²) in [6.07, 6.45) is 2.61. The fourth-order valence-electron chi connectivity index (χ4n) is 3.53. The Morgan fingerprint density at radius 2 is 2.00 bits per heavy atom. The molecule has 4 aromatic rings. The summed E-state index contributed by atoms with van der Waals surface area (Å²) in [4.78, 5) is 4.44. The van der Waals surface area contributed by atoms with Crippen LogP contribution in [0.3, 0.4) is 0 Å². The van der Waals surface area contributed by atoms with E-state index in [4.69, 9.17) is 9.47 Å². The summed E-state index contributed by atoms with van der Waals surface area (Å²) in [5.74, 6) is 0.994. The molecule has 3 heterocycles. The van der Waals surface area contributed by atoms with Gasteiger partial charge in [0.2, 0.25) is 5.88 Å². The third kappa shape index (κ3) is 4.22. The van der Waals surface area contributed by atoms with Crippen molar-refractivity contribution in [1.82, 2.24) is 19.9 Å². The van der Waals surface area contributed by atoms with Gasteiger partial charge in [0, 0.05) is 17.7 Å². The van der Waals surface area contributed by atoms with Crippen molar-refractivity contribution in [1.29, 1.82) is 0 Å². The first-order valence-corrected chi connectivity index (χ1v) is 10.4. The SMILES string of the molecule is C[C@@H](Oc1ccc2ncc(-c3ccc(OC[C@@H]4CCN4)cc3)n2n1)c1cccc(F)c1. The summed E-state index contributed by atoms with van der Waals surface area (Å²) in [7, 11) is 0. The maximum absolute atomic E-state index is 13.5. The molecule has 31 heavy (non-hydrogen) atoms. The van der Waals surface area contributed by atoms with Crippen LogP contribution >= 0.6 is 0 Å². The quantitative estimate of drug-likeness (QED) is 0.482. The van der Waals surface area contributed by atoms with Crippen molar-refractivity contribution >= 4 is 5.65 Å². The molecule has 7 heteroatoms. The van der Waals surface area contributed by atoms with E-state index >= 15 is 0 Å². The van der Waals surface area contributed by atoms with Crippen LogP contribution in [0, 0.1) is 5.82 Å². The molecule has 1 saturated heterocycles. The minimum Gasteiger partial charge on any atom is -0.492 e. The van der Waals surface area contributed by atoms with Crippen molar-refractivity contribution in [3.8, 4) is 22.9 Å². The molecular formula is C24H23FN4O2. The van der Waals surface area contributed by atoms with Gasteiger partial charge in [-0.2, -0.15) is 0 Å². The number of benzene rings is 2. The Bertz CT molecular complexity index is 1190. The number of hydrogen-bond acceptors (Lipinski definition) is 5. The number of nitrogens with zero attached hydrogens (tertiary/aromatic N) is 3. The molecular weight excluding hydrogens is 395 g/mol. The van der Waals surface area contributed by atoms with E-state index in [9.17, 15) is 4.39 Å². The smallest absolute Gasteiger partial charge is 0.232 e. The number of aromatic nitrogens is 3. The average molecular weight is 418 g/mol. The summed E-state index contributed by atoms with van der Waals surface area (Å²) >= 11 is 0. The monoisotopic (exact) mass is 418 g/mol. The molecule has 0 radical (unpaired) electrons. The van der Waals surface area contributed by atoms with Gasteiger partial charge < -0.3 is 14.8 Å². The van der Waals surface area contributed by atoms with Gasteiger partial charge in [0.05, 0.1) is 11.9 Å². The first-order valence-electron chi connectivity index (χ1n) is 10.4.